The summed E-state index contributed by atoms with van der Waals surface area (Å²) in [7, 11) is 1.67. The molecule has 0 N–H and O–H groups in total. The molecule has 1 rings (SSSR count). The Morgan fingerprint density at radius 1 is 1.25 bits per heavy atom. The maximum atomic E-state index is 5.15. The summed E-state index contributed by atoms with van der Waals surface area (Å²) in [5.41, 5.74) is 1.01. The van der Waals surface area contributed by atoms with Crippen molar-refractivity contribution in [1.29, 1.82) is 0 Å². The molecule has 0 aliphatic rings. The number of rotatable bonds is 4. The van der Waals surface area contributed by atoms with Crippen molar-refractivity contribution in [2.45, 2.75) is 13.8 Å². The Morgan fingerprint density at radius 2 is 2.00 bits per heavy atom. The van der Waals surface area contributed by atoms with Crippen LogP contribution in [0.1, 0.15) is 19.4 Å². The molecule has 16 heavy (non-hydrogen) atoms. The van der Waals surface area contributed by atoms with Crippen molar-refractivity contribution in [3.05, 3.63) is 29.8 Å². The second-order valence-electron chi connectivity index (χ2n) is 3.50. The fourth-order valence-corrected chi connectivity index (χ4v) is 1.40. The fourth-order valence-electron chi connectivity index (χ4n) is 1.40. The number of nitrogens with zero attached hydrogens (tertiary/aromatic N) is 1. The lowest BCUT2D eigenvalue weighted by Crippen LogP contribution is -2.22. The number of benzene rings is 1. The van der Waals surface area contributed by atoms with Crippen LogP contribution in [0.4, 0.5) is 0 Å². The van der Waals surface area contributed by atoms with Crippen LogP contribution < -0.4 is 4.74 Å². The fraction of sp³-hybridized carbons (Fsp3) is 0.429. The summed E-state index contributed by atoms with van der Waals surface area (Å²) in [6.07, 6.45) is 0. The Balaban J connectivity index is 2.61. The van der Waals surface area contributed by atoms with Crippen molar-refractivity contribution in [2.24, 2.45) is 0 Å². The highest BCUT2D eigenvalue weighted by molar-refractivity contribution is 5.39. The quantitative estimate of drug-likeness (QED) is 0.718. The molecule has 0 amide bonds. The van der Waals surface area contributed by atoms with Crippen LogP contribution in [0.25, 0.3) is 0 Å². The third kappa shape index (κ3) is 3.96. The molecule has 0 aromatic heterocycles. The first-order valence-corrected chi connectivity index (χ1v) is 5.65. The van der Waals surface area contributed by atoms with Gasteiger partial charge in [-0.2, -0.15) is 0 Å². The van der Waals surface area contributed by atoms with E-state index in [2.05, 4.69) is 30.6 Å². The van der Waals surface area contributed by atoms with E-state index < -0.39 is 0 Å². The Bertz CT molecular complexity index is 372. The van der Waals surface area contributed by atoms with Crippen molar-refractivity contribution in [1.82, 2.24) is 4.90 Å². The van der Waals surface area contributed by atoms with Crippen LogP contribution in [0.5, 0.6) is 5.75 Å². The summed E-state index contributed by atoms with van der Waals surface area (Å²) in [5, 5.41) is 0. The van der Waals surface area contributed by atoms with Crippen LogP contribution in [-0.2, 0) is 0 Å². The molecule has 0 saturated heterocycles. The van der Waals surface area contributed by atoms with Crippen LogP contribution >= 0.6 is 0 Å². The normalized spacial score (nSPS) is 9.75. The number of ether oxygens (including phenoxy) is 1. The molecule has 2 heteroatoms. The minimum Gasteiger partial charge on any atom is -0.497 e. The van der Waals surface area contributed by atoms with Gasteiger partial charge in [-0.3, -0.25) is 4.90 Å². The third-order valence-electron chi connectivity index (χ3n) is 2.50. The second-order valence-corrected chi connectivity index (χ2v) is 3.50. The summed E-state index contributed by atoms with van der Waals surface area (Å²) >= 11 is 0. The lowest BCUT2D eigenvalue weighted by molar-refractivity contribution is 0.342. The van der Waals surface area contributed by atoms with E-state index >= 15 is 0 Å². The van der Waals surface area contributed by atoms with Gasteiger partial charge in [-0.1, -0.05) is 31.8 Å². The molecule has 0 fully saturated rings. The summed E-state index contributed by atoms with van der Waals surface area (Å²) in [6.45, 7) is 7.21. The van der Waals surface area contributed by atoms with Crippen LogP contribution in [-0.4, -0.2) is 31.6 Å². The van der Waals surface area contributed by atoms with Crippen LogP contribution in [0.2, 0.25) is 0 Å². The maximum absolute atomic E-state index is 5.15. The van der Waals surface area contributed by atoms with Gasteiger partial charge in [-0.15, -0.1) is 0 Å². The minimum atomic E-state index is 0.824. The molecule has 0 bridgehead atoms. The zero-order chi connectivity index (χ0) is 11.8. The zero-order valence-corrected chi connectivity index (χ0v) is 10.3. The van der Waals surface area contributed by atoms with Crippen LogP contribution in [0.3, 0.4) is 0 Å². The second kappa shape index (κ2) is 6.92. The van der Waals surface area contributed by atoms with Crippen molar-refractivity contribution in [3.8, 4) is 17.6 Å². The van der Waals surface area contributed by atoms with Crippen molar-refractivity contribution < 1.29 is 4.74 Å². The molecule has 0 aliphatic carbocycles. The lowest BCUT2D eigenvalue weighted by Gasteiger charge is -2.13. The highest BCUT2D eigenvalue weighted by atomic mass is 16.5. The average Bonchev–Trinajstić information content (AvgIpc) is 2.35. The molecule has 2 nitrogen and oxygen atoms in total. The lowest BCUT2D eigenvalue weighted by atomic mass is 10.2. The molecule has 0 aliphatic heterocycles. The predicted octanol–water partition coefficient (Wildman–Crippen LogP) is 2.39. The van der Waals surface area contributed by atoms with E-state index in [-0.39, 0.29) is 0 Å². The summed E-state index contributed by atoms with van der Waals surface area (Å²) in [5.74, 6) is 7.18. The minimum absolute atomic E-state index is 0.824. The number of hydrogen-bond acceptors (Lipinski definition) is 2. The van der Waals surface area contributed by atoms with Crippen LogP contribution in [0.15, 0.2) is 24.3 Å². The van der Waals surface area contributed by atoms with Crippen molar-refractivity contribution >= 4 is 0 Å². The van der Waals surface area contributed by atoms with Gasteiger partial charge in [-0.05, 0) is 31.3 Å². The standard InChI is InChI=1S/C14H19NO/c1-4-15(5-2)11-7-9-13-8-6-10-14(12-13)16-3/h6,8,10,12H,4-5,11H2,1-3H3. The van der Waals surface area contributed by atoms with Gasteiger partial charge in [0, 0.05) is 5.56 Å². The predicted molar refractivity (Wildman–Crippen MR) is 67.7 cm³/mol. The Morgan fingerprint density at radius 3 is 2.62 bits per heavy atom. The Kier molecular flexibility index (Phi) is 5.45. The highest BCUT2D eigenvalue weighted by Gasteiger charge is 1.94. The summed E-state index contributed by atoms with van der Waals surface area (Å²) in [4.78, 5) is 2.28. The summed E-state index contributed by atoms with van der Waals surface area (Å²) < 4.78 is 5.15. The van der Waals surface area contributed by atoms with Crippen LogP contribution in [0, 0.1) is 11.8 Å². The van der Waals surface area contributed by atoms with E-state index in [4.69, 9.17) is 4.74 Å². The van der Waals surface area contributed by atoms with Crippen molar-refractivity contribution in [2.75, 3.05) is 26.7 Å². The van der Waals surface area contributed by atoms with Gasteiger partial charge in [0.05, 0.1) is 13.7 Å². The first-order valence-electron chi connectivity index (χ1n) is 5.65. The summed E-state index contributed by atoms with van der Waals surface area (Å²) in [6, 6.07) is 7.84. The zero-order valence-electron chi connectivity index (χ0n) is 10.3. The molecule has 0 radical (unpaired) electrons. The number of hydrogen-bond donors (Lipinski definition) is 0. The van der Waals surface area contributed by atoms with E-state index in [0.29, 0.717) is 0 Å². The van der Waals surface area contributed by atoms with Gasteiger partial charge >= 0.3 is 0 Å². The maximum Gasteiger partial charge on any atom is 0.120 e. The van der Waals surface area contributed by atoms with E-state index in [1.807, 2.05) is 24.3 Å². The first kappa shape index (κ1) is 12.6. The molecule has 1 aromatic rings. The van der Waals surface area contributed by atoms with Gasteiger partial charge < -0.3 is 4.74 Å². The van der Waals surface area contributed by atoms with E-state index in [9.17, 15) is 0 Å². The SMILES string of the molecule is CCN(CC)CC#Cc1cccc(OC)c1. The van der Waals surface area contributed by atoms with E-state index in [1.165, 1.54) is 0 Å². The van der Waals surface area contributed by atoms with Gasteiger partial charge in [0.1, 0.15) is 5.75 Å². The smallest absolute Gasteiger partial charge is 0.120 e. The Labute approximate surface area is 98.2 Å². The average molecular weight is 217 g/mol. The molecular weight excluding hydrogens is 198 g/mol. The topological polar surface area (TPSA) is 12.5 Å². The van der Waals surface area contributed by atoms with E-state index in [0.717, 1.165) is 30.9 Å². The van der Waals surface area contributed by atoms with Gasteiger partial charge in [0.2, 0.25) is 0 Å². The van der Waals surface area contributed by atoms with E-state index in [1.54, 1.807) is 7.11 Å². The molecule has 0 unspecified atom stereocenters. The molecule has 0 saturated carbocycles. The van der Waals surface area contributed by atoms with Gasteiger partial charge in [0.25, 0.3) is 0 Å². The molecular formula is C14H19NO. The third-order valence-corrected chi connectivity index (χ3v) is 2.50. The molecule has 86 valence electrons. The van der Waals surface area contributed by atoms with Gasteiger partial charge in [-0.25, -0.2) is 0 Å². The number of methoxy groups -OCH3 is 1. The van der Waals surface area contributed by atoms with Crippen molar-refractivity contribution in [3.63, 3.8) is 0 Å². The monoisotopic (exact) mass is 217 g/mol. The molecule has 0 spiro atoms. The van der Waals surface area contributed by atoms with Gasteiger partial charge in [0.15, 0.2) is 0 Å². The highest BCUT2D eigenvalue weighted by Crippen LogP contribution is 2.11. The Hall–Kier alpha value is -1.46. The largest absolute Gasteiger partial charge is 0.497 e. The first-order chi connectivity index (χ1) is 7.80. The molecule has 1 aromatic carbocycles. The molecule has 0 atom stereocenters. The molecule has 0 heterocycles.